The van der Waals surface area contributed by atoms with Crippen LogP contribution < -0.4 is 10.6 Å². The molecule has 178 valence electrons. The van der Waals surface area contributed by atoms with E-state index in [1.807, 2.05) is 13.8 Å². The van der Waals surface area contributed by atoms with Crippen molar-refractivity contribution >= 4 is 17.6 Å². The van der Waals surface area contributed by atoms with E-state index in [0.717, 1.165) is 51.5 Å². The van der Waals surface area contributed by atoms with E-state index in [2.05, 4.69) is 10.6 Å². The molecule has 1 aromatic rings. The second-order valence-electron chi connectivity index (χ2n) is 9.63. The summed E-state index contributed by atoms with van der Waals surface area (Å²) in [7, 11) is 0. The molecule has 0 aliphatic carbocycles. The van der Waals surface area contributed by atoms with Gasteiger partial charge < -0.3 is 25.6 Å². The van der Waals surface area contributed by atoms with Gasteiger partial charge in [0.2, 0.25) is 5.91 Å². The summed E-state index contributed by atoms with van der Waals surface area (Å²) >= 11 is 0. The van der Waals surface area contributed by atoms with Gasteiger partial charge in [-0.15, -0.1) is 0 Å². The van der Waals surface area contributed by atoms with Crippen LogP contribution in [0.1, 0.15) is 65.2 Å². The van der Waals surface area contributed by atoms with Gasteiger partial charge in [-0.1, -0.05) is 33.1 Å². The van der Waals surface area contributed by atoms with E-state index in [4.69, 9.17) is 9.84 Å². The second-order valence-corrected chi connectivity index (χ2v) is 9.63. The maximum atomic E-state index is 12.9. The molecule has 2 bridgehead atoms. The Balaban J connectivity index is 1.49. The van der Waals surface area contributed by atoms with Gasteiger partial charge in [0, 0.05) is 24.6 Å². The van der Waals surface area contributed by atoms with E-state index in [9.17, 15) is 14.7 Å². The molecule has 2 heterocycles. The number of carbonyl (C=O) groups is 2. The molecule has 2 fully saturated rings. The highest BCUT2D eigenvalue weighted by molar-refractivity contribution is 5.95. The summed E-state index contributed by atoms with van der Waals surface area (Å²) in [5.41, 5.74) is 0.671. The van der Waals surface area contributed by atoms with Gasteiger partial charge in [0.15, 0.2) is 0 Å². The van der Waals surface area contributed by atoms with Gasteiger partial charge in [0.05, 0.1) is 18.2 Å². The summed E-state index contributed by atoms with van der Waals surface area (Å²) in [6.07, 6.45) is 8.06. The number of phenolic OH excluding ortho intramolecular Hbond substituents is 1. The van der Waals surface area contributed by atoms with Gasteiger partial charge in [0.1, 0.15) is 5.75 Å². The maximum Gasteiger partial charge on any atom is 0.303 e. The molecule has 32 heavy (non-hydrogen) atoms. The third kappa shape index (κ3) is 6.69. The fourth-order valence-corrected chi connectivity index (χ4v) is 5.22. The molecule has 0 aromatic heterocycles. The Bertz CT molecular complexity index is 751. The number of anilines is 1. The molecule has 0 radical (unpaired) electrons. The molecule has 3 rings (SSSR count). The summed E-state index contributed by atoms with van der Waals surface area (Å²) < 4.78 is 6.23. The number of unbranched alkanes of at least 4 members (excludes halogenated alkanes) is 3. The highest BCUT2D eigenvalue weighted by Gasteiger charge is 2.48. The highest BCUT2D eigenvalue weighted by atomic mass is 16.5. The number of nitrogens with one attached hydrogen (secondary N) is 2. The van der Waals surface area contributed by atoms with Gasteiger partial charge in [-0.25, -0.2) is 0 Å². The Kier molecular flexibility index (Phi) is 8.93. The quantitative estimate of drug-likeness (QED) is 0.268. The van der Waals surface area contributed by atoms with Crippen LogP contribution in [0.3, 0.4) is 0 Å². The number of aromatic hydroxyl groups is 1. The van der Waals surface area contributed by atoms with Gasteiger partial charge in [-0.2, -0.15) is 0 Å². The van der Waals surface area contributed by atoms with Crippen molar-refractivity contribution in [1.29, 1.82) is 0 Å². The number of ether oxygens (including phenoxy) is 1. The highest BCUT2D eigenvalue weighted by Crippen LogP contribution is 2.45. The lowest BCUT2D eigenvalue weighted by Gasteiger charge is -2.31. The molecule has 5 unspecified atom stereocenters. The monoisotopic (exact) mass is 446 g/mol. The molecule has 7 heteroatoms. The van der Waals surface area contributed by atoms with E-state index < -0.39 is 5.97 Å². The smallest absolute Gasteiger partial charge is 0.303 e. The van der Waals surface area contributed by atoms with Crippen LogP contribution in [-0.2, 0) is 14.3 Å². The lowest BCUT2D eigenvalue weighted by atomic mass is 9.76. The number of rotatable bonds is 13. The van der Waals surface area contributed by atoms with Crippen LogP contribution in [0.2, 0.25) is 0 Å². The van der Waals surface area contributed by atoms with Crippen LogP contribution in [0.4, 0.5) is 5.69 Å². The summed E-state index contributed by atoms with van der Waals surface area (Å²) in [5, 5.41) is 24.7. The molecular weight excluding hydrogens is 408 g/mol. The molecule has 4 N–H and O–H groups in total. The molecule has 1 aromatic carbocycles. The molecule has 7 nitrogen and oxygen atoms in total. The zero-order valence-corrected chi connectivity index (χ0v) is 19.3. The first-order valence-corrected chi connectivity index (χ1v) is 12.1. The Morgan fingerprint density at radius 2 is 1.69 bits per heavy atom. The predicted molar refractivity (Wildman–Crippen MR) is 124 cm³/mol. The van der Waals surface area contributed by atoms with Gasteiger partial charge in [-0.05, 0) is 61.8 Å². The van der Waals surface area contributed by atoms with Crippen molar-refractivity contribution in [3.63, 3.8) is 0 Å². The third-order valence-electron chi connectivity index (χ3n) is 6.93. The van der Waals surface area contributed by atoms with Gasteiger partial charge in [-0.3, -0.25) is 9.59 Å². The number of amides is 1. The molecular formula is C25H38N2O5. The summed E-state index contributed by atoms with van der Waals surface area (Å²) in [6.45, 7) is 4.84. The maximum absolute atomic E-state index is 12.9. The van der Waals surface area contributed by atoms with E-state index >= 15 is 0 Å². The second kappa shape index (κ2) is 11.7. The predicted octanol–water partition coefficient (Wildman–Crippen LogP) is 4.16. The number of aliphatic carboxylic acids is 1. The number of hydrogen-bond acceptors (Lipinski definition) is 5. The standard InChI is InChI=1S/C25H38N2O5/c1-16(2)24(25(31)27-17-9-11-18(28)12-10-17)26-15-20-19(21-13-14-22(20)32-21)7-5-3-4-6-8-23(29)30/h9-12,16,19-22,24,26,28H,3-8,13-15H2,1-2H3,(H,27,31)(H,29,30). The van der Waals surface area contributed by atoms with Crippen LogP contribution in [-0.4, -0.2) is 46.9 Å². The molecule has 1 amide bonds. The molecule has 5 atom stereocenters. The Morgan fingerprint density at radius 3 is 2.34 bits per heavy atom. The normalized spacial score (nSPS) is 25.2. The van der Waals surface area contributed by atoms with E-state index in [1.54, 1.807) is 24.3 Å². The topological polar surface area (TPSA) is 108 Å². The summed E-state index contributed by atoms with van der Waals surface area (Å²) in [4.78, 5) is 23.5. The third-order valence-corrected chi connectivity index (χ3v) is 6.93. The lowest BCUT2D eigenvalue weighted by Crippen LogP contribution is -2.48. The van der Waals surface area contributed by atoms with Crippen molar-refractivity contribution in [2.75, 3.05) is 11.9 Å². The summed E-state index contributed by atoms with van der Waals surface area (Å²) in [6, 6.07) is 6.21. The molecule has 0 spiro atoms. The number of carboxylic acid groups (broad SMARTS) is 1. The van der Waals surface area contributed by atoms with Crippen LogP contribution in [0.5, 0.6) is 5.75 Å². The minimum Gasteiger partial charge on any atom is -0.508 e. The first-order chi connectivity index (χ1) is 15.3. The van der Waals surface area contributed by atoms with Crippen LogP contribution >= 0.6 is 0 Å². The first kappa shape index (κ1) is 24.5. The molecule has 2 aliphatic heterocycles. The van der Waals surface area contributed by atoms with Gasteiger partial charge >= 0.3 is 5.97 Å². The lowest BCUT2D eigenvalue weighted by molar-refractivity contribution is -0.137. The van der Waals surface area contributed by atoms with Crippen molar-refractivity contribution in [3.8, 4) is 5.75 Å². The minimum atomic E-state index is -0.716. The average molecular weight is 447 g/mol. The van der Waals surface area contributed by atoms with E-state index in [0.29, 0.717) is 23.6 Å². The zero-order chi connectivity index (χ0) is 23.1. The number of phenols is 1. The largest absolute Gasteiger partial charge is 0.508 e. The van der Waals surface area contributed by atoms with Crippen molar-refractivity contribution < 1.29 is 24.5 Å². The fraction of sp³-hybridized carbons (Fsp3) is 0.680. The molecule has 2 saturated heterocycles. The van der Waals surface area contributed by atoms with Crippen molar-refractivity contribution in [2.45, 2.75) is 83.5 Å². The van der Waals surface area contributed by atoms with Crippen molar-refractivity contribution in [2.24, 2.45) is 17.8 Å². The number of benzene rings is 1. The van der Waals surface area contributed by atoms with Crippen LogP contribution in [0, 0.1) is 17.8 Å². The van der Waals surface area contributed by atoms with E-state index in [-0.39, 0.29) is 36.1 Å². The van der Waals surface area contributed by atoms with E-state index in [1.165, 1.54) is 0 Å². The number of carboxylic acids is 1. The Hall–Kier alpha value is -2.12. The van der Waals surface area contributed by atoms with Crippen molar-refractivity contribution in [3.05, 3.63) is 24.3 Å². The Morgan fingerprint density at radius 1 is 1.03 bits per heavy atom. The molecule has 2 aliphatic rings. The minimum absolute atomic E-state index is 0.0651. The summed E-state index contributed by atoms with van der Waals surface area (Å²) in [5.74, 6) is 0.450. The SMILES string of the molecule is CC(C)C(NCC1C2CCC(O2)C1CCCCCCC(=O)O)C(=O)Nc1ccc(O)cc1. The molecule has 0 saturated carbocycles. The van der Waals surface area contributed by atoms with Crippen molar-refractivity contribution in [1.82, 2.24) is 5.32 Å². The first-order valence-electron chi connectivity index (χ1n) is 12.1. The van der Waals surface area contributed by atoms with Crippen LogP contribution in [0.25, 0.3) is 0 Å². The number of hydrogen-bond donors (Lipinski definition) is 4. The number of carbonyl (C=O) groups excluding carboxylic acids is 1. The zero-order valence-electron chi connectivity index (χ0n) is 19.3. The van der Waals surface area contributed by atoms with Gasteiger partial charge in [0.25, 0.3) is 0 Å². The van der Waals surface area contributed by atoms with Crippen LogP contribution in [0.15, 0.2) is 24.3 Å². The fourth-order valence-electron chi connectivity index (χ4n) is 5.22. The number of fused-ring (bicyclic) bond motifs is 2. The average Bonchev–Trinajstić information content (AvgIpc) is 3.34. The Labute approximate surface area is 190 Å².